The first-order chi connectivity index (χ1) is 6.17. The van der Waals surface area contributed by atoms with E-state index in [-0.39, 0.29) is 5.41 Å². The summed E-state index contributed by atoms with van der Waals surface area (Å²) in [5, 5.41) is 0. The lowest BCUT2D eigenvalue weighted by Crippen LogP contribution is -2.03. The zero-order valence-corrected chi connectivity index (χ0v) is 8.64. The number of hydrogen-bond donors (Lipinski definition) is 0. The summed E-state index contributed by atoms with van der Waals surface area (Å²) in [7, 11) is 0. The fraction of sp³-hybridized carbons (Fsp3) is 0.385. The van der Waals surface area contributed by atoms with Gasteiger partial charge in [0.1, 0.15) is 0 Å². The van der Waals surface area contributed by atoms with E-state index in [2.05, 4.69) is 32.2 Å². The zero-order chi connectivity index (χ0) is 9.90. The van der Waals surface area contributed by atoms with Crippen LogP contribution in [0.2, 0.25) is 0 Å². The van der Waals surface area contributed by atoms with E-state index >= 15 is 0 Å². The molecule has 0 nitrogen and oxygen atoms in total. The van der Waals surface area contributed by atoms with Crippen LogP contribution in [-0.2, 0) is 0 Å². The second kappa shape index (κ2) is 3.78. The molecule has 13 heavy (non-hydrogen) atoms. The van der Waals surface area contributed by atoms with Crippen molar-refractivity contribution in [1.82, 2.24) is 0 Å². The molecule has 0 aromatic carbocycles. The van der Waals surface area contributed by atoms with Gasteiger partial charge in [-0.05, 0) is 32.3 Å². The summed E-state index contributed by atoms with van der Waals surface area (Å²) in [6, 6.07) is 0. The Hall–Kier alpha value is -1.04. The SMILES string of the molecule is C=C/C(=C\C=C/C)C1(C(=C)C)CC1. The highest BCUT2D eigenvalue weighted by molar-refractivity contribution is 5.41. The van der Waals surface area contributed by atoms with Crippen LogP contribution in [0.4, 0.5) is 0 Å². The van der Waals surface area contributed by atoms with Crippen molar-refractivity contribution in [3.8, 4) is 0 Å². The Labute approximate surface area is 81.4 Å². The van der Waals surface area contributed by atoms with E-state index in [1.807, 2.05) is 19.1 Å². The largest absolute Gasteiger partial charge is 0.0992 e. The second-order valence-corrected chi connectivity index (χ2v) is 3.71. The molecule has 0 bridgehead atoms. The van der Waals surface area contributed by atoms with Crippen LogP contribution in [-0.4, -0.2) is 0 Å². The molecule has 0 spiro atoms. The third-order valence-corrected chi connectivity index (χ3v) is 2.81. The molecule has 0 aliphatic heterocycles. The highest BCUT2D eigenvalue weighted by Crippen LogP contribution is 2.57. The number of rotatable bonds is 4. The maximum absolute atomic E-state index is 4.05. The summed E-state index contributed by atoms with van der Waals surface area (Å²) < 4.78 is 0. The minimum absolute atomic E-state index is 0.265. The van der Waals surface area contributed by atoms with Gasteiger partial charge in [-0.25, -0.2) is 0 Å². The first-order valence-electron chi connectivity index (χ1n) is 4.79. The van der Waals surface area contributed by atoms with Crippen LogP contribution in [0.1, 0.15) is 26.7 Å². The Bertz CT molecular complexity index is 272. The molecule has 1 aliphatic carbocycles. The van der Waals surface area contributed by atoms with Crippen LogP contribution in [0.3, 0.4) is 0 Å². The van der Waals surface area contributed by atoms with E-state index in [0.717, 1.165) is 0 Å². The molecule has 0 heteroatoms. The molecule has 0 heterocycles. The van der Waals surface area contributed by atoms with Gasteiger partial charge in [-0.2, -0.15) is 0 Å². The van der Waals surface area contributed by atoms with Gasteiger partial charge in [-0.3, -0.25) is 0 Å². The van der Waals surface area contributed by atoms with E-state index in [0.29, 0.717) is 0 Å². The van der Waals surface area contributed by atoms with Crippen molar-refractivity contribution in [3.63, 3.8) is 0 Å². The monoisotopic (exact) mass is 174 g/mol. The molecular weight excluding hydrogens is 156 g/mol. The van der Waals surface area contributed by atoms with Gasteiger partial charge in [0.25, 0.3) is 0 Å². The van der Waals surface area contributed by atoms with Crippen molar-refractivity contribution >= 4 is 0 Å². The Morgan fingerprint density at radius 1 is 1.38 bits per heavy atom. The van der Waals surface area contributed by atoms with Crippen LogP contribution in [0.15, 0.2) is 48.6 Å². The summed E-state index contributed by atoms with van der Waals surface area (Å²) in [6.07, 6.45) is 10.7. The predicted molar refractivity (Wildman–Crippen MR) is 59.6 cm³/mol. The topological polar surface area (TPSA) is 0 Å². The molecule has 0 atom stereocenters. The smallest absolute Gasteiger partial charge is 0.0157 e. The van der Waals surface area contributed by atoms with Gasteiger partial charge in [0.05, 0.1) is 0 Å². The fourth-order valence-corrected chi connectivity index (χ4v) is 1.71. The minimum atomic E-state index is 0.265. The van der Waals surface area contributed by atoms with Crippen LogP contribution in [0, 0.1) is 5.41 Å². The molecule has 0 radical (unpaired) electrons. The Morgan fingerprint density at radius 2 is 2.00 bits per heavy atom. The Morgan fingerprint density at radius 3 is 2.31 bits per heavy atom. The third-order valence-electron chi connectivity index (χ3n) is 2.81. The van der Waals surface area contributed by atoms with Crippen molar-refractivity contribution in [1.29, 1.82) is 0 Å². The molecule has 1 aliphatic rings. The molecular formula is C13H18. The zero-order valence-electron chi connectivity index (χ0n) is 8.64. The van der Waals surface area contributed by atoms with Crippen molar-refractivity contribution in [2.24, 2.45) is 5.41 Å². The molecule has 70 valence electrons. The first-order valence-corrected chi connectivity index (χ1v) is 4.79. The lowest BCUT2D eigenvalue weighted by atomic mass is 9.89. The number of allylic oxidation sites excluding steroid dienone is 6. The molecule has 0 aromatic heterocycles. The molecule has 0 unspecified atom stereocenters. The predicted octanol–water partition coefficient (Wildman–Crippen LogP) is 4.03. The van der Waals surface area contributed by atoms with E-state index in [4.69, 9.17) is 0 Å². The van der Waals surface area contributed by atoms with E-state index < -0.39 is 0 Å². The third kappa shape index (κ3) is 1.82. The Balaban J connectivity index is 2.90. The highest BCUT2D eigenvalue weighted by Gasteiger charge is 2.45. The maximum Gasteiger partial charge on any atom is 0.0157 e. The fourth-order valence-electron chi connectivity index (χ4n) is 1.71. The van der Waals surface area contributed by atoms with Gasteiger partial charge in [-0.1, -0.05) is 43.0 Å². The van der Waals surface area contributed by atoms with Crippen molar-refractivity contribution in [2.75, 3.05) is 0 Å². The van der Waals surface area contributed by atoms with Crippen LogP contribution >= 0.6 is 0 Å². The lowest BCUT2D eigenvalue weighted by Gasteiger charge is -2.15. The molecule has 0 N–H and O–H groups in total. The second-order valence-electron chi connectivity index (χ2n) is 3.71. The molecule has 0 amide bonds. The quantitative estimate of drug-likeness (QED) is 0.446. The van der Waals surface area contributed by atoms with Crippen molar-refractivity contribution < 1.29 is 0 Å². The van der Waals surface area contributed by atoms with Gasteiger partial charge >= 0.3 is 0 Å². The molecule has 0 aromatic rings. The number of hydrogen-bond acceptors (Lipinski definition) is 0. The van der Waals surface area contributed by atoms with Gasteiger partial charge < -0.3 is 0 Å². The summed E-state index contributed by atoms with van der Waals surface area (Å²) in [4.78, 5) is 0. The van der Waals surface area contributed by atoms with E-state index in [1.54, 1.807) is 0 Å². The summed E-state index contributed by atoms with van der Waals surface area (Å²) in [6.45, 7) is 12.0. The minimum Gasteiger partial charge on any atom is -0.0992 e. The summed E-state index contributed by atoms with van der Waals surface area (Å²) in [5.74, 6) is 0. The lowest BCUT2D eigenvalue weighted by molar-refractivity contribution is 0.750. The van der Waals surface area contributed by atoms with E-state index in [1.165, 1.54) is 24.0 Å². The van der Waals surface area contributed by atoms with Crippen LogP contribution in [0.25, 0.3) is 0 Å². The van der Waals surface area contributed by atoms with Crippen molar-refractivity contribution in [3.05, 3.63) is 48.6 Å². The summed E-state index contributed by atoms with van der Waals surface area (Å²) in [5.41, 5.74) is 2.85. The summed E-state index contributed by atoms with van der Waals surface area (Å²) >= 11 is 0. The molecule has 1 fully saturated rings. The molecule has 1 rings (SSSR count). The van der Waals surface area contributed by atoms with Gasteiger partial charge in [0.2, 0.25) is 0 Å². The van der Waals surface area contributed by atoms with Gasteiger partial charge in [0.15, 0.2) is 0 Å². The molecule has 1 saturated carbocycles. The van der Waals surface area contributed by atoms with Gasteiger partial charge in [0, 0.05) is 5.41 Å². The molecule has 0 saturated heterocycles. The Kier molecular flexibility index (Phi) is 2.92. The average Bonchev–Trinajstić information content (AvgIpc) is 2.87. The van der Waals surface area contributed by atoms with Gasteiger partial charge in [-0.15, -0.1) is 0 Å². The maximum atomic E-state index is 4.05. The van der Waals surface area contributed by atoms with E-state index in [9.17, 15) is 0 Å². The van der Waals surface area contributed by atoms with Crippen molar-refractivity contribution in [2.45, 2.75) is 26.7 Å². The highest BCUT2D eigenvalue weighted by atomic mass is 14.5. The first kappa shape index (κ1) is 10.0. The normalized spacial score (nSPS) is 20.3. The van der Waals surface area contributed by atoms with Crippen LogP contribution in [0.5, 0.6) is 0 Å². The average molecular weight is 174 g/mol. The van der Waals surface area contributed by atoms with Crippen LogP contribution < -0.4 is 0 Å². The standard InChI is InChI=1S/C13H18/c1-5-7-8-12(6-2)13(9-10-13)11(3)4/h5-8H,2-3,9-10H2,1,4H3/b7-5-,12-8+.